The minimum atomic E-state index is -0.873. The van der Waals surface area contributed by atoms with Crippen molar-refractivity contribution in [3.05, 3.63) is 42.0 Å². The lowest BCUT2D eigenvalue weighted by Gasteiger charge is -2.15. The third-order valence-corrected chi connectivity index (χ3v) is 3.17. The molecule has 22 heavy (non-hydrogen) atoms. The quantitative estimate of drug-likeness (QED) is 0.705. The van der Waals surface area contributed by atoms with Crippen LogP contribution in [0.15, 0.2) is 36.4 Å². The average Bonchev–Trinajstić information content (AvgIpc) is 2.43. The van der Waals surface area contributed by atoms with E-state index in [4.69, 9.17) is 9.84 Å². The summed E-state index contributed by atoms with van der Waals surface area (Å²) in [5.41, 5.74) is 1.04. The number of hydrogen-bond donors (Lipinski definition) is 1. The van der Waals surface area contributed by atoms with Gasteiger partial charge in [0, 0.05) is 12.8 Å². The highest BCUT2D eigenvalue weighted by Gasteiger charge is 2.19. The molecule has 120 valence electrons. The Hall–Kier alpha value is -2.10. The van der Waals surface area contributed by atoms with Crippen LogP contribution >= 0.6 is 0 Å². The fourth-order valence-electron chi connectivity index (χ4n) is 2.34. The Bertz CT molecular complexity index is 491. The van der Waals surface area contributed by atoms with Crippen LogP contribution in [-0.4, -0.2) is 23.7 Å². The summed E-state index contributed by atoms with van der Waals surface area (Å²) in [4.78, 5) is 22.6. The molecule has 1 N–H and O–H groups in total. The monoisotopic (exact) mass is 304 g/mol. The predicted octanol–water partition coefficient (Wildman–Crippen LogP) is 3.77. The van der Waals surface area contributed by atoms with Crippen LogP contribution in [0, 0.1) is 11.8 Å². The fourth-order valence-corrected chi connectivity index (χ4v) is 2.34. The highest BCUT2D eigenvalue weighted by atomic mass is 16.5. The van der Waals surface area contributed by atoms with Gasteiger partial charge in [0.2, 0.25) is 0 Å². The first-order valence-electron chi connectivity index (χ1n) is 7.56. The zero-order valence-corrected chi connectivity index (χ0v) is 13.2. The Balaban J connectivity index is 2.36. The van der Waals surface area contributed by atoms with Crippen molar-refractivity contribution in [2.45, 2.75) is 33.1 Å². The number of carbonyl (C=O) groups is 2. The van der Waals surface area contributed by atoms with Crippen molar-refractivity contribution in [3.8, 4) is 0 Å². The minimum absolute atomic E-state index is 0.00708. The topological polar surface area (TPSA) is 63.6 Å². The van der Waals surface area contributed by atoms with Crippen LogP contribution in [0.25, 0.3) is 6.08 Å². The van der Waals surface area contributed by atoms with Gasteiger partial charge in [0.15, 0.2) is 0 Å². The van der Waals surface area contributed by atoms with Crippen molar-refractivity contribution in [2.24, 2.45) is 11.8 Å². The zero-order valence-electron chi connectivity index (χ0n) is 13.2. The summed E-state index contributed by atoms with van der Waals surface area (Å²) < 4.78 is 5.14. The second-order valence-electron chi connectivity index (χ2n) is 5.79. The molecule has 0 radical (unpaired) electrons. The number of carbonyl (C=O) groups excluding carboxylic acids is 1. The van der Waals surface area contributed by atoms with E-state index in [0.717, 1.165) is 5.56 Å². The molecule has 1 rings (SSSR count). The Morgan fingerprint density at radius 1 is 1.18 bits per heavy atom. The molecule has 1 aromatic rings. The largest absolute Gasteiger partial charge is 0.481 e. The van der Waals surface area contributed by atoms with Crippen LogP contribution in [0.2, 0.25) is 0 Å². The summed E-state index contributed by atoms with van der Waals surface area (Å²) in [6.07, 6.45) is 4.54. The molecule has 0 aliphatic heterocycles. The maximum absolute atomic E-state index is 11.8. The highest BCUT2D eigenvalue weighted by molar-refractivity contribution is 5.72. The van der Waals surface area contributed by atoms with Gasteiger partial charge in [-0.1, -0.05) is 50.3 Å². The summed E-state index contributed by atoms with van der Waals surface area (Å²) in [7, 11) is 0. The van der Waals surface area contributed by atoms with Crippen molar-refractivity contribution >= 4 is 18.0 Å². The fraction of sp³-hybridized carbons (Fsp3) is 0.444. The highest BCUT2D eigenvalue weighted by Crippen LogP contribution is 2.19. The van der Waals surface area contributed by atoms with Crippen molar-refractivity contribution < 1.29 is 19.4 Å². The van der Waals surface area contributed by atoms with E-state index in [9.17, 15) is 9.59 Å². The maximum Gasteiger partial charge on any atom is 0.306 e. The lowest BCUT2D eigenvalue weighted by Crippen LogP contribution is -2.16. The summed E-state index contributed by atoms with van der Waals surface area (Å²) >= 11 is 0. The van der Waals surface area contributed by atoms with Crippen molar-refractivity contribution in [2.75, 3.05) is 6.61 Å². The number of hydrogen-bond acceptors (Lipinski definition) is 3. The lowest BCUT2D eigenvalue weighted by atomic mass is 9.91. The molecule has 4 nitrogen and oxygen atoms in total. The normalized spacial score (nSPS) is 12.5. The predicted molar refractivity (Wildman–Crippen MR) is 86.2 cm³/mol. The number of aliphatic carboxylic acids is 1. The van der Waals surface area contributed by atoms with E-state index >= 15 is 0 Å². The smallest absolute Gasteiger partial charge is 0.306 e. The molecule has 0 amide bonds. The molecule has 0 fully saturated rings. The van der Waals surface area contributed by atoms with Gasteiger partial charge in [-0.2, -0.15) is 0 Å². The van der Waals surface area contributed by atoms with Crippen LogP contribution in [0.4, 0.5) is 0 Å². The second kappa shape index (κ2) is 9.77. The van der Waals surface area contributed by atoms with E-state index in [1.54, 1.807) is 6.08 Å². The van der Waals surface area contributed by atoms with Gasteiger partial charge in [-0.15, -0.1) is 0 Å². The maximum atomic E-state index is 11.8. The minimum Gasteiger partial charge on any atom is -0.481 e. The molecule has 0 aliphatic rings. The Morgan fingerprint density at radius 3 is 2.45 bits per heavy atom. The van der Waals surface area contributed by atoms with Crippen LogP contribution in [0.3, 0.4) is 0 Å². The van der Waals surface area contributed by atoms with E-state index < -0.39 is 5.97 Å². The standard InChI is InChI=1S/C18H24O4/c1-14(2)11-16(12-17(19)20)13-18(21)22-10-6-9-15-7-4-3-5-8-15/h3-9,14,16H,10-13H2,1-2H3,(H,19,20)/t16-/m0/s1. The Kier molecular flexibility index (Phi) is 7.97. The molecule has 0 aromatic heterocycles. The molecule has 1 atom stereocenters. The molecule has 0 unspecified atom stereocenters. The zero-order chi connectivity index (χ0) is 16.4. The summed E-state index contributed by atoms with van der Waals surface area (Å²) in [6.45, 7) is 4.24. The molecule has 0 saturated carbocycles. The van der Waals surface area contributed by atoms with Gasteiger partial charge in [0.1, 0.15) is 6.61 Å². The SMILES string of the molecule is CC(C)C[C@@H](CC(=O)O)CC(=O)OCC=Cc1ccccc1. The number of rotatable bonds is 9. The first-order chi connectivity index (χ1) is 10.5. The van der Waals surface area contributed by atoms with Gasteiger partial charge in [0.05, 0.1) is 0 Å². The molecule has 0 aliphatic carbocycles. The molecular formula is C18H24O4. The first kappa shape index (κ1) is 18.0. The molecule has 4 heteroatoms. The molecule has 0 heterocycles. The molecule has 0 bridgehead atoms. The second-order valence-corrected chi connectivity index (χ2v) is 5.79. The van der Waals surface area contributed by atoms with Gasteiger partial charge in [0.25, 0.3) is 0 Å². The van der Waals surface area contributed by atoms with Gasteiger partial charge < -0.3 is 9.84 Å². The van der Waals surface area contributed by atoms with Gasteiger partial charge in [-0.3, -0.25) is 9.59 Å². The van der Waals surface area contributed by atoms with Crippen molar-refractivity contribution in [1.82, 2.24) is 0 Å². The van der Waals surface area contributed by atoms with Gasteiger partial charge >= 0.3 is 11.9 Å². The number of esters is 1. The summed E-state index contributed by atoms with van der Waals surface area (Å²) in [5.74, 6) is -1.02. The summed E-state index contributed by atoms with van der Waals surface area (Å²) in [5, 5.41) is 8.89. The first-order valence-corrected chi connectivity index (χ1v) is 7.56. The third-order valence-electron chi connectivity index (χ3n) is 3.17. The van der Waals surface area contributed by atoms with E-state index in [2.05, 4.69) is 0 Å². The average molecular weight is 304 g/mol. The number of carboxylic acids is 1. The Morgan fingerprint density at radius 2 is 1.86 bits per heavy atom. The van der Waals surface area contributed by atoms with E-state index in [0.29, 0.717) is 12.3 Å². The molecule has 0 saturated heterocycles. The van der Waals surface area contributed by atoms with Crippen LogP contribution in [-0.2, 0) is 14.3 Å². The van der Waals surface area contributed by atoms with Gasteiger partial charge in [-0.25, -0.2) is 0 Å². The molecular weight excluding hydrogens is 280 g/mol. The van der Waals surface area contributed by atoms with Crippen LogP contribution in [0.5, 0.6) is 0 Å². The van der Waals surface area contributed by atoms with Gasteiger partial charge in [-0.05, 0) is 29.9 Å². The molecule has 1 aromatic carbocycles. The van der Waals surface area contributed by atoms with E-state index in [1.807, 2.05) is 50.3 Å². The number of benzene rings is 1. The van der Waals surface area contributed by atoms with Crippen LogP contribution < -0.4 is 0 Å². The third kappa shape index (κ3) is 8.25. The van der Waals surface area contributed by atoms with Crippen molar-refractivity contribution in [3.63, 3.8) is 0 Å². The van der Waals surface area contributed by atoms with Crippen molar-refractivity contribution in [1.29, 1.82) is 0 Å². The van der Waals surface area contributed by atoms with Crippen LogP contribution in [0.1, 0.15) is 38.7 Å². The number of carboxylic acid groups (broad SMARTS) is 1. The lowest BCUT2D eigenvalue weighted by molar-refractivity contribution is -0.144. The Labute approximate surface area is 131 Å². The summed E-state index contributed by atoms with van der Waals surface area (Å²) in [6, 6.07) is 9.74. The van der Waals surface area contributed by atoms with E-state index in [-0.39, 0.29) is 31.3 Å². The molecule has 0 spiro atoms. The van der Waals surface area contributed by atoms with E-state index in [1.165, 1.54) is 0 Å². The number of ether oxygens (including phenoxy) is 1.